The molecular weight excluding hydrogens is 354 g/mol. The standard InChI is InChI=1S/C14H17N3O3S3/c1-8-4-3-5-10(9(8)2)15-13-16-17-14(22-13)21-12-7-23(19,20)6-11(12)18/h3-5,11-12,18H,6-7H2,1-2H3,(H,15,16)/t11-,12-/m1/s1. The molecule has 1 aromatic carbocycles. The van der Waals surface area contributed by atoms with Crippen LogP contribution < -0.4 is 5.32 Å². The second-order valence-electron chi connectivity index (χ2n) is 5.55. The van der Waals surface area contributed by atoms with E-state index >= 15 is 0 Å². The zero-order valence-electron chi connectivity index (χ0n) is 12.7. The molecule has 2 heterocycles. The molecule has 0 unspecified atom stereocenters. The Bertz CT molecular complexity index is 820. The average Bonchev–Trinajstić information content (AvgIpc) is 2.99. The van der Waals surface area contributed by atoms with Crippen LogP contribution in [0.25, 0.3) is 0 Å². The number of thioether (sulfide) groups is 1. The maximum Gasteiger partial charge on any atom is 0.210 e. The summed E-state index contributed by atoms with van der Waals surface area (Å²) in [5.41, 5.74) is 3.31. The molecule has 0 saturated carbocycles. The first-order valence-corrected chi connectivity index (χ1v) is 10.6. The second kappa shape index (κ2) is 6.39. The van der Waals surface area contributed by atoms with Gasteiger partial charge in [-0.25, -0.2) is 8.42 Å². The third kappa shape index (κ3) is 3.85. The quantitative estimate of drug-likeness (QED) is 0.851. The molecule has 2 N–H and O–H groups in total. The molecule has 0 amide bonds. The van der Waals surface area contributed by atoms with E-state index in [-0.39, 0.29) is 16.8 Å². The van der Waals surface area contributed by atoms with Crippen molar-refractivity contribution in [2.24, 2.45) is 0 Å². The zero-order chi connectivity index (χ0) is 16.6. The minimum atomic E-state index is -3.15. The molecule has 1 aliphatic rings. The van der Waals surface area contributed by atoms with Gasteiger partial charge in [0.25, 0.3) is 0 Å². The number of aryl methyl sites for hydroxylation is 1. The maximum absolute atomic E-state index is 11.5. The van der Waals surface area contributed by atoms with Crippen LogP contribution in [0.3, 0.4) is 0 Å². The molecule has 0 radical (unpaired) electrons. The molecule has 23 heavy (non-hydrogen) atoms. The highest BCUT2D eigenvalue weighted by molar-refractivity contribution is 8.03. The number of aliphatic hydroxyl groups is 1. The minimum Gasteiger partial charge on any atom is -0.391 e. The van der Waals surface area contributed by atoms with Gasteiger partial charge in [-0.15, -0.1) is 10.2 Å². The van der Waals surface area contributed by atoms with Crippen molar-refractivity contribution in [2.75, 3.05) is 16.8 Å². The van der Waals surface area contributed by atoms with Crippen molar-refractivity contribution in [1.29, 1.82) is 0 Å². The summed E-state index contributed by atoms with van der Waals surface area (Å²) < 4.78 is 23.7. The summed E-state index contributed by atoms with van der Waals surface area (Å²) in [5.74, 6) is -0.185. The van der Waals surface area contributed by atoms with Gasteiger partial charge in [-0.2, -0.15) is 0 Å². The number of hydrogen-bond donors (Lipinski definition) is 2. The molecule has 0 bridgehead atoms. The number of benzene rings is 1. The summed E-state index contributed by atoms with van der Waals surface area (Å²) >= 11 is 2.63. The Kier molecular flexibility index (Phi) is 4.63. The highest BCUT2D eigenvalue weighted by atomic mass is 32.2. The highest BCUT2D eigenvalue weighted by Gasteiger charge is 2.37. The third-order valence-electron chi connectivity index (χ3n) is 3.78. The Morgan fingerprint density at radius 3 is 2.78 bits per heavy atom. The summed E-state index contributed by atoms with van der Waals surface area (Å²) in [4.78, 5) is 0. The first-order chi connectivity index (χ1) is 10.8. The molecule has 1 aliphatic heterocycles. The molecule has 2 aromatic rings. The van der Waals surface area contributed by atoms with Gasteiger partial charge in [0.15, 0.2) is 14.2 Å². The first kappa shape index (κ1) is 16.7. The van der Waals surface area contributed by atoms with E-state index in [2.05, 4.69) is 15.5 Å². The van der Waals surface area contributed by atoms with Gasteiger partial charge in [-0.05, 0) is 31.0 Å². The van der Waals surface area contributed by atoms with Crippen LogP contribution in [0.1, 0.15) is 11.1 Å². The Labute approximate surface area is 143 Å². The van der Waals surface area contributed by atoms with Crippen LogP contribution in [0.5, 0.6) is 0 Å². The third-order valence-corrected chi connectivity index (χ3v) is 7.94. The number of aliphatic hydroxyl groups excluding tert-OH is 1. The Balaban J connectivity index is 1.70. The summed E-state index contributed by atoms with van der Waals surface area (Å²) in [5, 5.41) is 21.5. The highest BCUT2D eigenvalue weighted by Crippen LogP contribution is 2.35. The van der Waals surface area contributed by atoms with Crippen molar-refractivity contribution in [2.45, 2.75) is 29.5 Å². The summed E-state index contributed by atoms with van der Waals surface area (Å²) in [7, 11) is -3.15. The number of hydrogen-bond acceptors (Lipinski definition) is 8. The van der Waals surface area contributed by atoms with E-state index in [0.29, 0.717) is 9.47 Å². The van der Waals surface area contributed by atoms with Crippen LogP contribution in [0, 0.1) is 13.8 Å². The SMILES string of the molecule is Cc1cccc(Nc2nnc(S[C@@H]3CS(=O)(=O)C[C@H]3O)s2)c1C. The monoisotopic (exact) mass is 371 g/mol. The average molecular weight is 372 g/mol. The zero-order valence-corrected chi connectivity index (χ0v) is 15.1. The molecule has 3 rings (SSSR count). The number of nitrogens with zero attached hydrogens (tertiary/aromatic N) is 2. The van der Waals surface area contributed by atoms with Crippen molar-refractivity contribution in [3.8, 4) is 0 Å². The van der Waals surface area contributed by atoms with Gasteiger partial charge < -0.3 is 10.4 Å². The number of nitrogens with one attached hydrogen (secondary N) is 1. The predicted octanol–water partition coefficient (Wildman–Crippen LogP) is 2.15. The topological polar surface area (TPSA) is 92.2 Å². The van der Waals surface area contributed by atoms with Gasteiger partial charge >= 0.3 is 0 Å². The lowest BCUT2D eigenvalue weighted by Crippen LogP contribution is -2.19. The lowest BCUT2D eigenvalue weighted by Gasteiger charge is -2.09. The van der Waals surface area contributed by atoms with E-state index in [9.17, 15) is 13.5 Å². The van der Waals surface area contributed by atoms with Crippen LogP contribution in [0.2, 0.25) is 0 Å². The van der Waals surface area contributed by atoms with Gasteiger partial charge in [-0.1, -0.05) is 35.2 Å². The van der Waals surface area contributed by atoms with Crippen LogP contribution >= 0.6 is 23.1 Å². The molecule has 0 spiro atoms. The lowest BCUT2D eigenvalue weighted by atomic mass is 10.1. The fourth-order valence-corrected chi connectivity index (χ4v) is 6.87. The molecule has 1 saturated heterocycles. The van der Waals surface area contributed by atoms with Crippen LogP contribution in [0.15, 0.2) is 22.5 Å². The van der Waals surface area contributed by atoms with Crippen LogP contribution in [0.4, 0.5) is 10.8 Å². The van der Waals surface area contributed by atoms with E-state index in [1.54, 1.807) is 0 Å². The summed E-state index contributed by atoms with van der Waals surface area (Å²) in [6.07, 6.45) is -0.843. The van der Waals surface area contributed by atoms with Crippen molar-refractivity contribution in [3.63, 3.8) is 0 Å². The minimum absolute atomic E-state index is 0.0157. The van der Waals surface area contributed by atoms with E-state index < -0.39 is 15.9 Å². The van der Waals surface area contributed by atoms with Gasteiger partial charge in [0.05, 0.1) is 22.9 Å². The first-order valence-electron chi connectivity index (χ1n) is 7.06. The number of anilines is 2. The normalized spacial score (nSPS) is 23.1. The predicted molar refractivity (Wildman–Crippen MR) is 93.4 cm³/mol. The summed E-state index contributed by atoms with van der Waals surface area (Å²) in [6.45, 7) is 4.08. The Morgan fingerprint density at radius 2 is 2.09 bits per heavy atom. The fraction of sp³-hybridized carbons (Fsp3) is 0.429. The van der Waals surface area contributed by atoms with Gasteiger partial charge in [0.1, 0.15) is 0 Å². The molecule has 0 aliphatic carbocycles. The van der Waals surface area contributed by atoms with E-state index in [0.717, 1.165) is 11.3 Å². The van der Waals surface area contributed by atoms with Crippen molar-refractivity contribution in [3.05, 3.63) is 29.3 Å². The largest absolute Gasteiger partial charge is 0.391 e. The van der Waals surface area contributed by atoms with Crippen molar-refractivity contribution >= 4 is 43.8 Å². The van der Waals surface area contributed by atoms with E-state index in [1.807, 2.05) is 32.0 Å². The lowest BCUT2D eigenvalue weighted by molar-refractivity contribution is 0.207. The number of sulfone groups is 1. The molecule has 1 aromatic heterocycles. The molecular formula is C14H17N3O3S3. The number of rotatable bonds is 4. The van der Waals surface area contributed by atoms with E-state index in [1.165, 1.54) is 28.7 Å². The smallest absolute Gasteiger partial charge is 0.210 e. The van der Waals surface area contributed by atoms with E-state index in [4.69, 9.17) is 0 Å². The van der Waals surface area contributed by atoms with Gasteiger partial charge in [0, 0.05) is 5.69 Å². The maximum atomic E-state index is 11.5. The molecule has 1 fully saturated rings. The molecule has 2 atom stereocenters. The van der Waals surface area contributed by atoms with Crippen LogP contribution in [-0.4, -0.2) is 46.6 Å². The Morgan fingerprint density at radius 1 is 1.30 bits per heavy atom. The van der Waals surface area contributed by atoms with Gasteiger partial charge in [-0.3, -0.25) is 0 Å². The van der Waals surface area contributed by atoms with Gasteiger partial charge in [0.2, 0.25) is 5.13 Å². The van der Waals surface area contributed by atoms with Crippen molar-refractivity contribution in [1.82, 2.24) is 10.2 Å². The summed E-state index contributed by atoms with van der Waals surface area (Å²) in [6, 6.07) is 5.99. The fourth-order valence-electron chi connectivity index (χ4n) is 2.35. The molecule has 6 nitrogen and oxygen atoms in total. The Hall–Kier alpha value is -1.16. The van der Waals surface area contributed by atoms with Crippen LogP contribution in [-0.2, 0) is 9.84 Å². The molecule has 9 heteroatoms. The second-order valence-corrected chi connectivity index (χ2v) is 10.2. The molecule has 124 valence electrons. The van der Waals surface area contributed by atoms with Crippen molar-refractivity contribution < 1.29 is 13.5 Å². The number of aromatic nitrogens is 2.